The fourth-order valence-electron chi connectivity index (χ4n) is 6.78. The fraction of sp³-hybridized carbons (Fsp3) is 0.333. The second kappa shape index (κ2) is 13.6. The maximum absolute atomic E-state index is 13.3. The highest BCUT2D eigenvalue weighted by Crippen LogP contribution is 2.43. The Balaban J connectivity index is 1.18. The standard InChI is InChI=1S/C36H36Cl3N7O4/c1-36(49)18-45(19-36)17-30-43-46-16-20(12-29(46)35(48)44(30)2)22-6-4-7-23(32(22)38)24-8-5-9-25(33(24)39)28-13-27(37)26(34(42-28)50-3)15-40-14-21-10-11-31(47)41-21/h4-9,12-13,16,21,40,49H,10-11,14-15,17-19H2,1-3H3,(H,41,47)/t21-/m1/s1. The van der Waals surface area contributed by atoms with Gasteiger partial charge in [0.05, 0.1) is 40.0 Å². The Morgan fingerprint density at radius 1 is 1.04 bits per heavy atom. The van der Waals surface area contributed by atoms with Gasteiger partial charge in [-0.15, -0.1) is 0 Å². The quantitative estimate of drug-likeness (QED) is 0.176. The maximum Gasteiger partial charge on any atom is 0.277 e. The molecule has 0 bridgehead atoms. The molecular formula is C36H36Cl3N7O4. The summed E-state index contributed by atoms with van der Waals surface area (Å²) in [5.41, 5.74) is 4.27. The molecule has 5 heterocycles. The minimum absolute atomic E-state index is 0.0675. The lowest BCUT2D eigenvalue weighted by Gasteiger charge is -2.44. The van der Waals surface area contributed by atoms with Gasteiger partial charge in [-0.25, -0.2) is 9.50 Å². The number of benzene rings is 2. The molecule has 260 valence electrons. The first kappa shape index (κ1) is 34.5. The Morgan fingerprint density at radius 3 is 2.38 bits per heavy atom. The number of methoxy groups -OCH3 is 1. The average molecular weight is 737 g/mol. The van der Waals surface area contributed by atoms with Gasteiger partial charge in [0.2, 0.25) is 11.8 Å². The van der Waals surface area contributed by atoms with E-state index in [0.717, 1.165) is 17.5 Å². The van der Waals surface area contributed by atoms with Crippen molar-refractivity contribution in [2.24, 2.45) is 7.05 Å². The van der Waals surface area contributed by atoms with Crippen LogP contribution in [0.2, 0.25) is 15.1 Å². The molecule has 0 spiro atoms. The van der Waals surface area contributed by atoms with Crippen LogP contribution >= 0.6 is 34.8 Å². The summed E-state index contributed by atoms with van der Waals surface area (Å²) in [5, 5.41) is 22.5. The van der Waals surface area contributed by atoms with E-state index in [1.807, 2.05) is 41.3 Å². The molecule has 2 saturated heterocycles. The Morgan fingerprint density at radius 2 is 1.72 bits per heavy atom. The molecule has 2 aliphatic rings. The van der Waals surface area contributed by atoms with E-state index in [-0.39, 0.29) is 17.5 Å². The van der Waals surface area contributed by atoms with Crippen molar-refractivity contribution >= 4 is 46.2 Å². The van der Waals surface area contributed by atoms with Crippen LogP contribution in [-0.4, -0.2) is 73.5 Å². The molecule has 3 aromatic heterocycles. The molecule has 0 aliphatic carbocycles. The van der Waals surface area contributed by atoms with E-state index in [2.05, 4.69) is 10.6 Å². The molecule has 11 nitrogen and oxygen atoms in total. The van der Waals surface area contributed by atoms with Crippen LogP contribution in [0.15, 0.2) is 59.5 Å². The fourth-order valence-corrected chi connectivity index (χ4v) is 7.69. The summed E-state index contributed by atoms with van der Waals surface area (Å²) in [5.74, 6) is 1.03. The molecule has 0 unspecified atom stereocenters. The highest BCUT2D eigenvalue weighted by atomic mass is 35.5. The van der Waals surface area contributed by atoms with Gasteiger partial charge in [-0.1, -0.05) is 71.2 Å². The zero-order valence-corrected chi connectivity index (χ0v) is 30.0. The van der Waals surface area contributed by atoms with E-state index in [4.69, 9.17) is 49.6 Å². The zero-order chi connectivity index (χ0) is 35.3. The third-order valence-corrected chi connectivity index (χ3v) is 10.5. The van der Waals surface area contributed by atoms with E-state index in [1.165, 1.54) is 0 Å². The molecule has 3 N–H and O–H groups in total. The molecule has 1 atom stereocenters. The first-order chi connectivity index (χ1) is 23.9. The third kappa shape index (κ3) is 6.61. The summed E-state index contributed by atoms with van der Waals surface area (Å²) in [7, 11) is 3.25. The predicted octanol–water partition coefficient (Wildman–Crippen LogP) is 5.33. The second-order valence-electron chi connectivity index (χ2n) is 13.2. The number of amides is 1. The van der Waals surface area contributed by atoms with Crippen LogP contribution in [0.4, 0.5) is 0 Å². The van der Waals surface area contributed by atoms with Gasteiger partial charge in [-0.3, -0.25) is 19.1 Å². The number of aliphatic hydroxyl groups is 1. The number of pyridine rings is 1. The number of aromatic nitrogens is 4. The molecule has 2 aromatic carbocycles. The van der Waals surface area contributed by atoms with Crippen molar-refractivity contribution in [3.63, 3.8) is 0 Å². The average Bonchev–Trinajstić information content (AvgIpc) is 3.69. The molecule has 0 saturated carbocycles. The van der Waals surface area contributed by atoms with Gasteiger partial charge in [0.1, 0.15) is 11.3 Å². The summed E-state index contributed by atoms with van der Waals surface area (Å²) in [6, 6.07) is 15.0. The summed E-state index contributed by atoms with van der Waals surface area (Å²) < 4.78 is 8.78. The van der Waals surface area contributed by atoms with Gasteiger partial charge in [0.15, 0.2) is 0 Å². The number of carbonyl (C=O) groups excluding carboxylic acids is 1. The van der Waals surface area contributed by atoms with Crippen molar-refractivity contribution in [1.29, 1.82) is 0 Å². The lowest BCUT2D eigenvalue weighted by molar-refractivity contribution is -0.119. The Bertz CT molecular complexity index is 2190. The van der Waals surface area contributed by atoms with Gasteiger partial charge in [-0.2, -0.15) is 5.10 Å². The SMILES string of the molecule is COc1nc(-c2cccc(-c3cccc(-c4cc5c(=O)n(C)c(CN6CC(C)(O)C6)nn5c4)c3Cl)c2Cl)cc(Cl)c1CNC[C@H]1CCC(=O)N1. The lowest BCUT2D eigenvalue weighted by atomic mass is 9.97. The van der Waals surface area contributed by atoms with Crippen LogP contribution in [0.25, 0.3) is 39.0 Å². The first-order valence-electron chi connectivity index (χ1n) is 16.3. The number of hydrogen-bond acceptors (Lipinski definition) is 8. The number of ether oxygens (including phenoxy) is 1. The van der Waals surface area contributed by atoms with Crippen molar-refractivity contribution in [1.82, 2.24) is 34.7 Å². The third-order valence-electron chi connectivity index (χ3n) is 9.31. The summed E-state index contributed by atoms with van der Waals surface area (Å²) in [4.78, 5) is 31.7. The highest BCUT2D eigenvalue weighted by Gasteiger charge is 2.37. The summed E-state index contributed by atoms with van der Waals surface area (Å²) in [6.07, 6.45) is 3.13. The van der Waals surface area contributed by atoms with Gasteiger partial charge < -0.3 is 20.5 Å². The van der Waals surface area contributed by atoms with Crippen molar-refractivity contribution in [3.8, 4) is 39.4 Å². The van der Waals surface area contributed by atoms with Crippen LogP contribution in [0.1, 0.15) is 31.2 Å². The van der Waals surface area contributed by atoms with Crippen molar-refractivity contribution in [2.45, 2.75) is 44.5 Å². The first-order valence-corrected chi connectivity index (χ1v) is 17.4. The molecule has 2 fully saturated rings. The minimum atomic E-state index is -0.718. The number of β-amino-alcohol motifs (C(OH)–C–C–N with tert-alkyl or cyclic N) is 1. The van der Waals surface area contributed by atoms with Crippen molar-refractivity contribution in [2.75, 3.05) is 26.7 Å². The number of nitrogens with one attached hydrogen (secondary N) is 2. The molecule has 2 aliphatic heterocycles. The number of rotatable bonds is 10. The van der Waals surface area contributed by atoms with Crippen molar-refractivity contribution in [3.05, 3.63) is 91.5 Å². The highest BCUT2D eigenvalue weighted by molar-refractivity contribution is 6.39. The Labute approximate surface area is 303 Å². The Kier molecular flexibility index (Phi) is 9.40. The van der Waals surface area contributed by atoms with Gasteiger partial charge in [0, 0.05) is 85.3 Å². The maximum atomic E-state index is 13.3. The number of carbonyl (C=O) groups is 1. The number of halogens is 3. The summed E-state index contributed by atoms with van der Waals surface area (Å²) >= 11 is 21.0. The van der Waals surface area contributed by atoms with Crippen LogP contribution < -0.4 is 20.9 Å². The number of fused-ring (bicyclic) bond motifs is 1. The molecule has 14 heteroatoms. The van der Waals surface area contributed by atoms with Gasteiger partial charge in [-0.05, 0) is 25.5 Å². The minimum Gasteiger partial charge on any atom is -0.481 e. The van der Waals surface area contributed by atoms with E-state index in [9.17, 15) is 14.7 Å². The molecular weight excluding hydrogens is 701 g/mol. The predicted molar refractivity (Wildman–Crippen MR) is 195 cm³/mol. The molecule has 1 amide bonds. The van der Waals surface area contributed by atoms with Gasteiger partial charge >= 0.3 is 0 Å². The molecule has 0 radical (unpaired) electrons. The van der Waals surface area contributed by atoms with Crippen LogP contribution in [0.5, 0.6) is 5.88 Å². The van der Waals surface area contributed by atoms with E-state index >= 15 is 0 Å². The monoisotopic (exact) mass is 735 g/mol. The van der Waals surface area contributed by atoms with Gasteiger partial charge in [0.25, 0.3) is 5.56 Å². The largest absolute Gasteiger partial charge is 0.481 e. The molecule has 7 rings (SSSR count). The van der Waals surface area contributed by atoms with Crippen molar-refractivity contribution < 1.29 is 14.6 Å². The van der Waals surface area contributed by atoms with E-state index in [0.29, 0.717) is 99.4 Å². The smallest absolute Gasteiger partial charge is 0.277 e. The topological polar surface area (TPSA) is 126 Å². The van der Waals surface area contributed by atoms with Crippen LogP contribution in [-0.2, 0) is 24.9 Å². The normalized spacial score (nSPS) is 17.3. The number of nitrogens with zero attached hydrogens (tertiary/aromatic N) is 5. The zero-order valence-electron chi connectivity index (χ0n) is 27.8. The summed E-state index contributed by atoms with van der Waals surface area (Å²) in [6.45, 7) is 4.31. The number of likely N-dealkylation sites (tertiary alicyclic amines) is 1. The van der Waals surface area contributed by atoms with E-state index in [1.54, 1.807) is 48.5 Å². The lowest BCUT2D eigenvalue weighted by Crippen LogP contribution is -2.59. The number of hydrogen-bond donors (Lipinski definition) is 3. The second-order valence-corrected chi connectivity index (χ2v) is 14.4. The molecule has 50 heavy (non-hydrogen) atoms. The van der Waals surface area contributed by atoms with Crippen LogP contribution in [0, 0.1) is 0 Å². The Hall–Kier alpha value is -3.97. The van der Waals surface area contributed by atoms with Crippen LogP contribution in [0.3, 0.4) is 0 Å². The van der Waals surface area contributed by atoms with E-state index < -0.39 is 5.60 Å². The molecule has 5 aromatic rings.